The van der Waals surface area contributed by atoms with Crippen molar-refractivity contribution in [1.29, 1.82) is 0 Å². The van der Waals surface area contributed by atoms with Gasteiger partial charge in [0.1, 0.15) is 5.76 Å². The standard InChI is InChI=1S/C21H26N2O3S/c24-20(22-17-8-2-1-3-9-17)14-27-15-21(25)23-19-11-5-4-7-16(19)13-18-10-6-12-26-18/h1-3,6,8-10,12,16,19H,4-5,7,11,13-15H2,(H,22,24)(H,23,25). The molecular weight excluding hydrogens is 360 g/mol. The molecule has 0 aliphatic heterocycles. The van der Waals surface area contributed by atoms with Crippen LogP contribution in [0.25, 0.3) is 0 Å². The Bertz CT molecular complexity index is 718. The third-order valence-electron chi connectivity index (χ3n) is 4.82. The summed E-state index contributed by atoms with van der Waals surface area (Å²) in [5.74, 6) is 1.87. The maximum atomic E-state index is 12.3. The zero-order chi connectivity index (χ0) is 18.9. The van der Waals surface area contributed by atoms with Gasteiger partial charge >= 0.3 is 0 Å². The van der Waals surface area contributed by atoms with E-state index in [0.717, 1.165) is 37.1 Å². The number of thioether (sulfide) groups is 1. The van der Waals surface area contributed by atoms with Gasteiger partial charge in [0.25, 0.3) is 0 Å². The molecule has 0 bridgehead atoms. The maximum absolute atomic E-state index is 12.3. The van der Waals surface area contributed by atoms with Gasteiger partial charge in [0, 0.05) is 18.2 Å². The number of amides is 2. The lowest BCUT2D eigenvalue weighted by atomic mass is 9.82. The lowest BCUT2D eigenvalue weighted by molar-refractivity contribution is -0.119. The molecule has 1 aromatic carbocycles. The molecule has 1 saturated carbocycles. The number of hydrogen-bond donors (Lipinski definition) is 2. The monoisotopic (exact) mass is 386 g/mol. The first-order valence-electron chi connectivity index (χ1n) is 9.45. The van der Waals surface area contributed by atoms with Crippen molar-refractivity contribution in [3.05, 3.63) is 54.5 Å². The van der Waals surface area contributed by atoms with Crippen molar-refractivity contribution in [2.24, 2.45) is 5.92 Å². The molecule has 144 valence electrons. The third kappa shape index (κ3) is 6.47. The summed E-state index contributed by atoms with van der Waals surface area (Å²) in [5, 5.41) is 6.00. The first-order chi connectivity index (χ1) is 13.2. The average Bonchev–Trinajstić information content (AvgIpc) is 3.17. The number of carbonyl (C=O) groups is 2. The highest BCUT2D eigenvalue weighted by Gasteiger charge is 2.27. The molecule has 5 nitrogen and oxygen atoms in total. The number of benzene rings is 1. The van der Waals surface area contributed by atoms with Gasteiger partial charge in [0.2, 0.25) is 11.8 Å². The summed E-state index contributed by atoms with van der Waals surface area (Å²) in [6.07, 6.45) is 7.03. The van der Waals surface area contributed by atoms with E-state index in [-0.39, 0.29) is 23.6 Å². The van der Waals surface area contributed by atoms with Gasteiger partial charge in [0.05, 0.1) is 17.8 Å². The lowest BCUT2D eigenvalue weighted by Crippen LogP contribution is -2.43. The molecule has 0 radical (unpaired) electrons. The average molecular weight is 387 g/mol. The van der Waals surface area contributed by atoms with E-state index < -0.39 is 0 Å². The van der Waals surface area contributed by atoms with Crippen molar-refractivity contribution in [3.63, 3.8) is 0 Å². The van der Waals surface area contributed by atoms with E-state index in [2.05, 4.69) is 10.6 Å². The Balaban J connectivity index is 1.39. The van der Waals surface area contributed by atoms with Gasteiger partial charge in [-0.25, -0.2) is 0 Å². The fraction of sp³-hybridized carbons (Fsp3) is 0.429. The number of hydrogen-bond acceptors (Lipinski definition) is 4. The molecule has 3 rings (SSSR count). The van der Waals surface area contributed by atoms with Crippen LogP contribution in [0.2, 0.25) is 0 Å². The predicted octanol–water partition coefficient (Wildman–Crippen LogP) is 3.87. The fourth-order valence-electron chi connectivity index (χ4n) is 3.53. The summed E-state index contributed by atoms with van der Waals surface area (Å²) >= 11 is 1.34. The van der Waals surface area contributed by atoms with Crippen molar-refractivity contribution in [2.75, 3.05) is 16.8 Å². The number of anilines is 1. The van der Waals surface area contributed by atoms with Crippen LogP contribution in [0.5, 0.6) is 0 Å². The molecule has 1 heterocycles. The minimum Gasteiger partial charge on any atom is -0.469 e. The molecule has 1 fully saturated rings. The maximum Gasteiger partial charge on any atom is 0.234 e. The van der Waals surface area contributed by atoms with Crippen LogP contribution >= 0.6 is 11.8 Å². The smallest absolute Gasteiger partial charge is 0.234 e. The number of rotatable bonds is 8. The first-order valence-corrected chi connectivity index (χ1v) is 10.6. The van der Waals surface area contributed by atoms with Crippen molar-refractivity contribution in [1.82, 2.24) is 5.32 Å². The van der Waals surface area contributed by atoms with Crippen LogP contribution in [-0.2, 0) is 16.0 Å². The topological polar surface area (TPSA) is 71.3 Å². The minimum atomic E-state index is -0.0904. The molecule has 2 aromatic rings. The van der Waals surface area contributed by atoms with E-state index >= 15 is 0 Å². The van der Waals surface area contributed by atoms with E-state index in [1.807, 2.05) is 42.5 Å². The Hall–Kier alpha value is -2.21. The number of nitrogens with one attached hydrogen (secondary N) is 2. The largest absolute Gasteiger partial charge is 0.469 e. The Morgan fingerprint density at radius 1 is 1.00 bits per heavy atom. The molecular formula is C21H26N2O3S. The zero-order valence-corrected chi connectivity index (χ0v) is 16.2. The highest BCUT2D eigenvalue weighted by Crippen LogP contribution is 2.28. The minimum absolute atomic E-state index is 0.00357. The number of furan rings is 1. The van der Waals surface area contributed by atoms with E-state index in [1.54, 1.807) is 6.26 Å². The van der Waals surface area contributed by atoms with Crippen molar-refractivity contribution < 1.29 is 14.0 Å². The summed E-state index contributed by atoms with van der Waals surface area (Å²) in [7, 11) is 0. The summed E-state index contributed by atoms with van der Waals surface area (Å²) in [6.45, 7) is 0. The normalized spacial score (nSPS) is 19.4. The van der Waals surface area contributed by atoms with Gasteiger partial charge in [-0.05, 0) is 43.0 Å². The van der Waals surface area contributed by atoms with Crippen molar-refractivity contribution >= 4 is 29.3 Å². The van der Waals surface area contributed by atoms with Crippen LogP contribution in [0.4, 0.5) is 5.69 Å². The van der Waals surface area contributed by atoms with Crippen molar-refractivity contribution in [3.8, 4) is 0 Å². The second-order valence-electron chi connectivity index (χ2n) is 6.91. The van der Waals surface area contributed by atoms with Crippen LogP contribution < -0.4 is 10.6 Å². The molecule has 0 spiro atoms. The summed E-state index contributed by atoms with van der Waals surface area (Å²) in [4.78, 5) is 24.3. The van der Waals surface area contributed by atoms with Gasteiger partial charge in [-0.2, -0.15) is 0 Å². The second-order valence-corrected chi connectivity index (χ2v) is 7.89. The van der Waals surface area contributed by atoms with Gasteiger partial charge in [-0.1, -0.05) is 31.0 Å². The molecule has 27 heavy (non-hydrogen) atoms. The Labute approximate surface area is 164 Å². The molecule has 2 atom stereocenters. The van der Waals surface area contributed by atoms with E-state index in [9.17, 15) is 9.59 Å². The highest BCUT2D eigenvalue weighted by atomic mass is 32.2. The Morgan fingerprint density at radius 3 is 2.56 bits per heavy atom. The molecule has 2 amide bonds. The molecule has 2 unspecified atom stereocenters. The van der Waals surface area contributed by atoms with E-state index in [4.69, 9.17) is 4.42 Å². The first kappa shape index (κ1) is 19.5. The van der Waals surface area contributed by atoms with Crippen LogP contribution in [0.3, 0.4) is 0 Å². The summed E-state index contributed by atoms with van der Waals surface area (Å²) in [5.41, 5.74) is 0.774. The van der Waals surface area contributed by atoms with Crippen LogP contribution in [0, 0.1) is 5.92 Å². The molecule has 2 N–H and O–H groups in total. The van der Waals surface area contributed by atoms with Crippen LogP contribution in [-0.4, -0.2) is 29.4 Å². The zero-order valence-electron chi connectivity index (χ0n) is 15.4. The third-order valence-corrected chi connectivity index (χ3v) is 5.76. The van der Waals surface area contributed by atoms with E-state index in [1.165, 1.54) is 18.2 Å². The second kappa shape index (κ2) is 10.2. The summed E-state index contributed by atoms with van der Waals surface area (Å²) < 4.78 is 5.47. The quantitative estimate of drug-likeness (QED) is 0.722. The molecule has 1 aliphatic carbocycles. The molecule has 1 aliphatic rings. The van der Waals surface area contributed by atoms with Crippen molar-refractivity contribution in [2.45, 2.75) is 38.1 Å². The van der Waals surface area contributed by atoms with Gasteiger partial charge < -0.3 is 15.1 Å². The van der Waals surface area contributed by atoms with Gasteiger partial charge in [-0.3, -0.25) is 9.59 Å². The van der Waals surface area contributed by atoms with Gasteiger partial charge in [-0.15, -0.1) is 11.8 Å². The highest BCUT2D eigenvalue weighted by molar-refractivity contribution is 8.00. The predicted molar refractivity (Wildman–Crippen MR) is 109 cm³/mol. The van der Waals surface area contributed by atoms with Gasteiger partial charge in [0.15, 0.2) is 0 Å². The molecule has 6 heteroatoms. The number of para-hydroxylation sites is 1. The Morgan fingerprint density at radius 2 is 1.78 bits per heavy atom. The lowest BCUT2D eigenvalue weighted by Gasteiger charge is -2.31. The van der Waals surface area contributed by atoms with E-state index in [0.29, 0.717) is 11.7 Å². The molecule has 0 saturated heterocycles. The fourth-order valence-corrected chi connectivity index (χ4v) is 4.16. The number of carbonyl (C=O) groups excluding carboxylic acids is 2. The summed E-state index contributed by atoms with van der Waals surface area (Å²) in [6, 6.07) is 13.4. The molecule has 1 aromatic heterocycles. The van der Waals surface area contributed by atoms with Crippen LogP contribution in [0.15, 0.2) is 53.1 Å². The van der Waals surface area contributed by atoms with Crippen LogP contribution in [0.1, 0.15) is 31.4 Å². The SMILES string of the molecule is O=C(CSCC(=O)NC1CCCCC1Cc1ccco1)Nc1ccccc1. The Kier molecular flexibility index (Phi) is 7.39.